The fourth-order valence-electron chi connectivity index (χ4n) is 1.15. The lowest BCUT2D eigenvalue weighted by Gasteiger charge is -2.06. The first-order valence-corrected chi connectivity index (χ1v) is 4.94. The minimum absolute atomic E-state index is 0.647. The maximum Gasteiger partial charge on any atom is 0.416 e. The third-order valence-corrected chi connectivity index (χ3v) is 2.44. The van der Waals surface area contributed by atoms with Crippen LogP contribution in [0.25, 0.3) is 11.3 Å². The molecule has 0 aliphatic heterocycles. The maximum atomic E-state index is 12.2. The monoisotopic (exact) mass is 228 g/mol. The highest BCUT2D eigenvalue weighted by Crippen LogP contribution is 2.30. The average Bonchev–Trinajstić information content (AvgIpc) is 2.69. The van der Waals surface area contributed by atoms with Crippen LogP contribution in [0.2, 0.25) is 0 Å². The zero-order valence-corrected chi connectivity index (χ0v) is 8.19. The van der Waals surface area contributed by atoms with Crippen molar-refractivity contribution in [2.75, 3.05) is 0 Å². The van der Waals surface area contributed by atoms with E-state index in [9.17, 15) is 13.2 Å². The molecule has 0 atom stereocenters. The fourth-order valence-corrected chi connectivity index (χ4v) is 1.65. The Kier molecular flexibility index (Phi) is 2.48. The summed E-state index contributed by atoms with van der Waals surface area (Å²) in [5.41, 5.74) is 3.31. The molecule has 5 heteroatoms. The number of hydrogen-bond acceptors (Lipinski definition) is 2. The minimum Gasteiger partial charge on any atom is -0.233 e. The lowest BCUT2D eigenvalue weighted by atomic mass is 10.1. The molecule has 0 bridgehead atoms. The van der Waals surface area contributed by atoms with Crippen molar-refractivity contribution in [2.45, 2.75) is 6.18 Å². The Hall–Kier alpha value is -1.36. The average molecular weight is 228 g/mol. The van der Waals surface area contributed by atoms with Crippen molar-refractivity contribution < 1.29 is 13.2 Å². The maximum absolute atomic E-state index is 12.2. The molecule has 0 saturated carbocycles. The number of alkyl halides is 3. The third-order valence-electron chi connectivity index (χ3n) is 1.90. The molecule has 77 valence electrons. The molecule has 0 aliphatic carbocycles. The molecular weight excluding hydrogens is 223 g/mol. The highest BCUT2D eigenvalue weighted by molar-refractivity contribution is 7.07. The van der Waals surface area contributed by atoms with E-state index in [2.05, 4.69) is 10.5 Å². The first-order valence-electron chi connectivity index (χ1n) is 4.06. The molecule has 1 heterocycles. The van der Waals surface area contributed by atoms with Gasteiger partial charge >= 0.3 is 6.18 Å². The van der Waals surface area contributed by atoms with Gasteiger partial charge in [-0.2, -0.15) is 13.2 Å². The van der Waals surface area contributed by atoms with Crippen LogP contribution in [0.15, 0.2) is 29.6 Å². The molecule has 1 aromatic heterocycles. The van der Waals surface area contributed by atoms with Crippen LogP contribution in [-0.2, 0) is 6.18 Å². The van der Waals surface area contributed by atoms with E-state index in [0.29, 0.717) is 11.3 Å². The number of halogens is 3. The van der Waals surface area contributed by atoms with Crippen LogP contribution in [0, 0.1) is 5.51 Å². The van der Waals surface area contributed by atoms with Crippen LogP contribution in [0.5, 0.6) is 0 Å². The Morgan fingerprint density at radius 2 is 1.80 bits per heavy atom. The molecule has 2 aromatic rings. The van der Waals surface area contributed by atoms with Crippen molar-refractivity contribution in [1.29, 1.82) is 0 Å². The molecule has 2 rings (SSSR count). The summed E-state index contributed by atoms with van der Waals surface area (Å²) >= 11 is 1.29. The smallest absolute Gasteiger partial charge is 0.233 e. The van der Waals surface area contributed by atoms with Crippen molar-refractivity contribution in [3.63, 3.8) is 0 Å². The Balaban J connectivity index is 2.33. The highest BCUT2D eigenvalue weighted by Gasteiger charge is 2.29. The predicted molar refractivity (Wildman–Crippen MR) is 51.4 cm³/mol. The van der Waals surface area contributed by atoms with E-state index in [-0.39, 0.29) is 0 Å². The number of rotatable bonds is 1. The van der Waals surface area contributed by atoms with Crippen LogP contribution in [-0.4, -0.2) is 4.98 Å². The van der Waals surface area contributed by atoms with Crippen LogP contribution in [0.4, 0.5) is 13.2 Å². The van der Waals surface area contributed by atoms with Crippen LogP contribution >= 0.6 is 11.3 Å². The van der Waals surface area contributed by atoms with E-state index < -0.39 is 11.7 Å². The van der Waals surface area contributed by atoms with E-state index in [1.54, 1.807) is 5.38 Å². The number of benzene rings is 1. The molecule has 15 heavy (non-hydrogen) atoms. The van der Waals surface area contributed by atoms with Gasteiger partial charge in [-0.3, -0.25) is 0 Å². The van der Waals surface area contributed by atoms with Gasteiger partial charge in [0.05, 0.1) is 11.3 Å². The van der Waals surface area contributed by atoms with Gasteiger partial charge in [-0.15, -0.1) is 11.3 Å². The molecule has 1 nitrogen and oxygen atoms in total. The largest absolute Gasteiger partial charge is 0.416 e. The van der Waals surface area contributed by atoms with Crippen molar-refractivity contribution in [1.82, 2.24) is 4.98 Å². The van der Waals surface area contributed by atoms with E-state index in [0.717, 1.165) is 12.1 Å². The van der Waals surface area contributed by atoms with Crippen molar-refractivity contribution in [3.05, 3.63) is 40.7 Å². The van der Waals surface area contributed by atoms with Gasteiger partial charge in [0.25, 0.3) is 0 Å². The summed E-state index contributed by atoms with van der Waals surface area (Å²) in [4.78, 5) is 3.89. The van der Waals surface area contributed by atoms with Gasteiger partial charge in [0.2, 0.25) is 0 Å². The van der Waals surface area contributed by atoms with Crippen molar-refractivity contribution in [2.24, 2.45) is 0 Å². The van der Waals surface area contributed by atoms with E-state index >= 15 is 0 Å². The van der Waals surface area contributed by atoms with E-state index in [1.807, 2.05) is 0 Å². The first-order chi connectivity index (χ1) is 7.07. The normalized spacial score (nSPS) is 11.7. The Labute approximate surface area is 88.2 Å². The molecule has 0 spiro atoms. The molecule has 0 unspecified atom stereocenters. The summed E-state index contributed by atoms with van der Waals surface area (Å²) in [5, 5.41) is 1.74. The van der Waals surface area contributed by atoms with Gasteiger partial charge in [0, 0.05) is 10.9 Å². The number of aromatic nitrogens is 1. The van der Waals surface area contributed by atoms with Gasteiger partial charge in [-0.25, -0.2) is 4.98 Å². The molecule has 0 N–H and O–H groups in total. The molecule has 0 aliphatic rings. The predicted octanol–water partition coefficient (Wildman–Crippen LogP) is 3.63. The lowest BCUT2D eigenvalue weighted by Crippen LogP contribution is -2.03. The molecular formula is C10H5F3NS. The Morgan fingerprint density at radius 1 is 1.13 bits per heavy atom. The number of hydrogen-bond donors (Lipinski definition) is 0. The fraction of sp³-hybridized carbons (Fsp3) is 0.100. The lowest BCUT2D eigenvalue weighted by molar-refractivity contribution is -0.137. The molecule has 0 fully saturated rings. The quantitative estimate of drug-likeness (QED) is 0.726. The van der Waals surface area contributed by atoms with E-state index in [1.165, 1.54) is 23.5 Å². The van der Waals surface area contributed by atoms with Crippen molar-refractivity contribution in [3.8, 4) is 11.3 Å². The summed E-state index contributed by atoms with van der Waals surface area (Å²) in [6.07, 6.45) is -4.28. The van der Waals surface area contributed by atoms with Crippen LogP contribution < -0.4 is 0 Å². The SMILES string of the molecule is FC(F)(F)c1ccc(-c2cs[c]n2)cc1. The van der Waals surface area contributed by atoms with Crippen LogP contribution in [0.1, 0.15) is 5.56 Å². The Bertz CT molecular complexity index is 431. The van der Waals surface area contributed by atoms with Gasteiger partial charge < -0.3 is 0 Å². The summed E-state index contributed by atoms with van der Waals surface area (Å²) in [5.74, 6) is 0. The third kappa shape index (κ3) is 2.18. The summed E-state index contributed by atoms with van der Waals surface area (Å²) < 4.78 is 36.7. The van der Waals surface area contributed by atoms with Gasteiger partial charge in [0.15, 0.2) is 5.51 Å². The summed E-state index contributed by atoms with van der Waals surface area (Å²) in [6, 6.07) is 4.92. The van der Waals surface area contributed by atoms with Crippen molar-refractivity contribution >= 4 is 11.3 Å². The zero-order chi connectivity index (χ0) is 10.9. The summed E-state index contributed by atoms with van der Waals surface area (Å²) in [6.45, 7) is 0. The highest BCUT2D eigenvalue weighted by atomic mass is 32.1. The van der Waals surface area contributed by atoms with E-state index in [4.69, 9.17) is 0 Å². The standard InChI is InChI=1S/C10H5F3NS/c11-10(12,13)8-3-1-7(2-4-8)9-5-15-6-14-9/h1-5H. The topological polar surface area (TPSA) is 12.9 Å². The second-order valence-corrected chi connectivity index (χ2v) is 3.55. The summed E-state index contributed by atoms with van der Waals surface area (Å²) in [7, 11) is 0. The second-order valence-electron chi connectivity index (χ2n) is 2.90. The second kappa shape index (κ2) is 3.66. The van der Waals surface area contributed by atoms with Gasteiger partial charge in [-0.1, -0.05) is 12.1 Å². The molecule has 0 amide bonds. The zero-order valence-electron chi connectivity index (χ0n) is 7.38. The van der Waals surface area contributed by atoms with Gasteiger partial charge in [0.1, 0.15) is 0 Å². The first kappa shape index (κ1) is 10.2. The molecule has 1 aromatic carbocycles. The number of thiazole rings is 1. The van der Waals surface area contributed by atoms with Crippen LogP contribution in [0.3, 0.4) is 0 Å². The van der Waals surface area contributed by atoms with Gasteiger partial charge in [-0.05, 0) is 12.1 Å². The molecule has 0 saturated heterocycles. The number of nitrogens with zero attached hydrogens (tertiary/aromatic N) is 1. The molecule has 1 radical (unpaired) electrons. The Morgan fingerprint density at radius 3 is 2.27 bits per heavy atom. The minimum atomic E-state index is -4.28.